The smallest absolute Gasteiger partial charge is 0.324 e. The van der Waals surface area contributed by atoms with Crippen molar-refractivity contribution >= 4 is 23.5 Å². The molecule has 0 aliphatic heterocycles. The van der Waals surface area contributed by atoms with Crippen LogP contribution in [0, 0.1) is 32.8 Å². The molecular formula is C29H39FN2O13. The van der Waals surface area contributed by atoms with Crippen molar-refractivity contribution in [1.29, 1.82) is 0 Å². The second kappa shape index (κ2) is 12.8. The summed E-state index contributed by atoms with van der Waals surface area (Å²) in [6.07, 6.45) is 0.764. The second-order valence-electron chi connectivity index (χ2n) is 12.6. The van der Waals surface area contributed by atoms with Gasteiger partial charge in [0, 0.05) is 29.6 Å². The van der Waals surface area contributed by atoms with Crippen LogP contribution in [-0.4, -0.2) is 105 Å². The fourth-order valence-corrected chi connectivity index (χ4v) is 7.87. The van der Waals surface area contributed by atoms with Crippen LogP contribution in [0.5, 0.6) is 0 Å². The summed E-state index contributed by atoms with van der Waals surface area (Å²) in [6, 6.07) is -1.44. The van der Waals surface area contributed by atoms with Crippen LogP contribution in [0.25, 0.3) is 0 Å². The predicted octanol–water partition coefficient (Wildman–Crippen LogP) is 0.177. The number of carboxylic acid groups (broad SMARTS) is 1. The van der Waals surface area contributed by atoms with Gasteiger partial charge in [0.05, 0.1) is 25.5 Å². The zero-order valence-electron chi connectivity index (χ0n) is 25.0. The molecule has 15 nitrogen and oxygen atoms in total. The number of hydrogen-bond donors (Lipinski definition) is 5. The first kappa shape index (κ1) is 34.6. The Hall–Kier alpha value is -3.31. The number of ether oxygens (including phenoxy) is 2. The van der Waals surface area contributed by atoms with Crippen molar-refractivity contribution < 1.29 is 63.4 Å². The number of allylic oxidation sites excluding steroid dienone is 4. The third kappa shape index (κ3) is 5.89. The molecule has 0 bridgehead atoms. The van der Waals surface area contributed by atoms with Crippen LogP contribution in [-0.2, 0) is 33.5 Å². The number of hydrogen-bond acceptors (Lipinski definition) is 13. The first-order valence-electron chi connectivity index (χ1n) is 14.7. The number of alkyl halides is 1. The van der Waals surface area contributed by atoms with Crippen molar-refractivity contribution in [2.45, 2.75) is 81.9 Å². The summed E-state index contributed by atoms with van der Waals surface area (Å²) in [5.74, 6) is -4.92. The molecule has 0 radical (unpaired) electrons. The summed E-state index contributed by atoms with van der Waals surface area (Å²) in [5.41, 5.74) is -6.79. The van der Waals surface area contributed by atoms with Gasteiger partial charge < -0.3 is 34.7 Å². The van der Waals surface area contributed by atoms with Gasteiger partial charge in [0.2, 0.25) is 0 Å². The first-order valence-corrected chi connectivity index (χ1v) is 14.7. The largest absolute Gasteiger partial charge is 0.480 e. The Bertz CT molecular complexity index is 1290. The first-order chi connectivity index (χ1) is 21.0. The molecule has 2 saturated carbocycles. The lowest BCUT2D eigenvalue weighted by Gasteiger charge is -2.61. The molecule has 0 spiro atoms. The molecule has 2 fully saturated rings. The number of nitrogens with one attached hydrogen (secondary N) is 1. The van der Waals surface area contributed by atoms with Crippen molar-refractivity contribution in [2.24, 2.45) is 22.7 Å². The third-order valence-corrected chi connectivity index (χ3v) is 10.3. The number of carboxylic acids is 1. The molecule has 0 aromatic carbocycles. The average Bonchev–Trinajstić information content (AvgIpc) is 3.17. The second-order valence-corrected chi connectivity index (χ2v) is 12.6. The van der Waals surface area contributed by atoms with Crippen LogP contribution in [0.2, 0.25) is 0 Å². The highest BCUT2D eigenvalue weighted by Gasteiger charge is 2.76. The monoisotopic (exact) mass is 642 g/mol. The van der Waals surface area contributed by atoms with Crippen LogP contribution in [0.1, 0.15) is 52.4 Å². The maximum atomic E-state index is 17.2. The maximum absolute atomic E-state index is 17.2. The molecule has 0 aromatic heterocycles. The number of nitrogens with zero attached hydrogens (tertiary/aromatic N) is 1. The quantitative estimate of drug-likeness (QED) is 0.0425. The molecule has 45 heavy (non-hydrogen) atoms. The molecular weight excluding hydrogens is 603 g/mol. The van der Waals surface area contributed by atoms with Gasteiger partial charge in [0.25, 0.3) is 5.09 Å². The van der Waals surface area contributed by atoms with E-state index >= 15 is 4.39 Å². The fourth-order valence-electron chi connectivity index (χ4n) is 7.87. The van der Waals surface area contributed by atoms with E-state index in [1.54, 1.807) is 13.0 Å². The van der Waals surface area contributed by atoms with E-state index in [9.17, 15) is 49.7 Å². The maximum Gasteiger partial charge on any atom is 0.324 e. The van der Waals surface area contributed by atoms with Crippen molar-refractivity contribution in [1.82, 2.24) is 5.32 Å². The number of aliphatic hydroxyl groups is 3. The lowest BCUT2D eigenvalue weighted by molar-refractivity contribution is -0.757. The Balaban J connectivity index is 1.37. The van der Waals surface area contributed by atoms with E-state index in [1.807, 2.05) is 0 Å². The number of ketones is 2. The minimum atomic E-state index is -2.41. The highest BCUT2D eigenvalue weighted by atomic mass is 19.1. The Morgan fingerprint density at radius 3 is 2.60 bits per heavy atom. The summed E-state index contributed by atoms with van der Waals surface area (Å²) < 4.78 is 27.4. The summed E-state index contributed by atoms with van der Waals surface area (Å²) in [5, 5.41) is 55.1. The number of Topliss-reactive ketones (excluding diaryl/α,β-unsaturated/α-hetero) is 1. The van der Waals surface area contributed by atoms with E-state index in [0.29, 0.717) is 5.57 Å². The highest BCUT2D eigenvalue weighted by molar-refractivity contribution is 5.93. The van der Waals surface area contributed by atoms with Gasteiger partial charge >= 0.3 is 11.9 Å². The number of aliphatic hydroxyl groups excluding tert-OH is 2. The molecule has 4 rings (SSSR count). The van der Waals surface area contributed by atoms with Crippen LogP contribution in [0.3, 0.4) is 0 Å². The van der Waals surface area contributed by atoms with Gasteiger partial charge in [-0.1, -0.05) is 24.6 Å². The molecule has 1 unspecified atom stereocenters. The lowest BCUT2D eigenvalue weighted by Crippen LogP contribution is -2.69. The van der Waals surface area contributed by atoms with Gasteiger partial charge in [-0.15, -0.1) is 10.1 Å². The van der Waals surface area contributed by atoms with Gasteiger partial charge in [0.15, 0.2) is 22.8 Å². The predicted molar refractivity (Wildman–Crippen MR) is 148 cm³/mol. The molecule has 0 aromatic rings. The fraction of sp³-hybridized carbons (Fsp3) is 0.724. The highest BCUT2D eigenvalue weighted by Crippen LogP contribution is 2.69. The van der Waals surface area contributed by atoms with Gasteiger partial charge in [-0.05, 0) is 44.6 Å². The SMILES string of the molecule is C[C@]12C=CC(=O)CC1=CC[C@H]1[C@@H]3C[C@@H](O)[C@](O)(C(=O)COCNC(COC(=O)CCCO[N+](=O)[O-])C(=O)O)[C@@]3(C)C[C@H](O)[C@@]12F. The van der Waals surface area contributed by atoms with Gasteiger partial charge in [-0.2, -0.15) is 0 Å². The molecule has 16 heteroatoms. The lowest BCUT2D eigenvalue weighted by atomic mass is 9.45. The van der Waals surface area contributed by atoms with E-state index in [-0.39, 0.29) is 50.9 Å². The molecule has 4 aliphatic rings. The van der Waals surface area contributed by atoms with E-state index in [0.717, 1.165) is 0 Å². The standard InChI is InChI=1S/C29H39FN2O13/c1-26-8-7-17(33)10-16(26)5-6-18-19-11-21(34)29(40,27(19,2)12-22(35)28(18,26)30)23(36)14-43-15-31-20(25(38)39)13-44-24(37)4-3-9-45-32(41)42/h5,7-8,18-22,31,34-35,40H,3-4,6,9-15H2,1-2H3,(H,38,39)/t18-,19-,20?,21+,22-,26-,27-,28-,29-/m0/s1. The molecule has 0 amide bonds. The van der Waals surface area contributed by atoms with E-state index in [1.165, 1.54) is 19.1 Å². The van der Waals surface area contributed by atoms with Crippen LogP contribution in [0.4, 0.5) is 4.39 Å². The van der Waals surface area contributed by atoms with E-state index < -0.39 is 94.9 Å². The number of halogens is 1. The number of carbonyl (C=O) groups excluding carboxylic acids is 3. The summed E-state index contributed by atoms with van der Waals surface area (Å²) in [4.78, 5) is 63.0. The van der Waals surface area contributed by atoms with Gasteiger partial charge in [-0.25, -0.2) is 4.39 Å². The summed E-state index contributed by atoms with van der Waals surface area (Å²) >= 11 is 0. The molecule has 9 atom stereocenters. The van der Waals surface area contributed by atoms with E-state index in [2.05, 4.69) is 10.2 Å². The number of esters is 1. The van der Waals surface area contributed by atoms with Crippen LogP contribution < -0.4 is 5.32 Å². The number of rotatable bonds is 14. The normalized spacial score (nSPS) is 37.5. The van der Waals surface area contributed by atoms with Crippen molar-refractivity contribution in [3.63, 3.8) is 0 Å². The molecule has 5 N–H and O–H groups in total. The van der Waals surface area contributed by atoms with Crippen molar-refractivity contribution in [3.8, 4) is 0 Å². The zero-order valence-corrected chi connectivity index (χ0v) is 25.0. The van der Waals surface area contributed by atoms with Crippen molar-refractivity contribution in [3.05, 3.63) is 33.9 Å². The Kier molecular flexibility index (Phi) is 9.85. The number of carbonyl (C=O) groups is 4. The number of aliphatic carboxylic acids is 1. The van der Waals surface area contributed by atoms with Crippen molar-refractivity contribution in [2.75, 3.05) is 26.6 Å². The Morgan fingerprint density at radius 2 is 1.93 bits per heavy atom. The average molecular weight is 643 g/mol. The van der Waals surface area contributed by atoms with E-state index in [4.69, 9.17) is 9.47 Å². The van der Waals surface area contributed by atoms with Crippen LogP contribution >= 0.6 is 0 Å². The molecule has 0 heterocycles. The van der Waals surface area contributed by atoms with Gasteiger partial charge in [0.1, 0.15) is 19.3 Å². The minimum Gasteiger partial charge on any atom is -0.480 e. The number of fused-ring (bicyclic) bond motifs is 5. The molecule has 0 saturated heterocycles. The summed E-state index contributed by atoms with van der Waals surface area (Å²) in [7, 11) is 0. The molecule has 4 aliphatic carbocycles. The Labute approximate surface area is 257 Å². The topological polar surface area (TPSA) is 232 Å². The summed E-state index contributed by atoms with van der Waals surface area (Å²) in [6.45, 7) is 0.915. The van der Waals surface area contributed by atoms with Gasteiger partial charge in [-0.3, -0.25) is 24.5 Å². The molecule has 250 valence electrons. The minimum absolute atomic E-state index is 0.0239. The van der Waals surface area contributed by atoms with Crippen LogP contribution in [0.15, 0.2) is 23.8 Å². The zero-order chi connectivity index (χ0) is 33.4. The Morgan fingerprint density at radius 1 is 1.22 bits per heavy atom. The third-order valence-electron chi connectivity index (χ3n) is 10.3.